The summed E-state index contributed by atoms with van der Waals surface area (Å²) in [6, 6.07) is 9.31. The van der Waals surface area contributed by atoms with E-state index in [1.54, 1.807) is 16.9 Å². The number of carbonyl (C=O) groups is 1. The lowest BCUT2D eigenvalue weighted by Gasteiger charge is -2.30. The molecule has 30 heavy (non-hydrogen) atoms. The zero-order chi connectivity index (χ0) is 20.4. The number of carbonyl (C=O) groups excluding carboxylic acids is 1. The summed E-state index contributed by atoms with van der Waals surface area (Å²) in [5.41, 5.74) is 7.84. The fourth-order valence-corrected chi connectivity index (χ4v) is 3.11. The van der Waals surface area contributed by atoms with Crippen molar-refractivity contribution in [3.63, 3.8) is 0 Å². The Labute approximate surface area is 179 Å². The molecule has 9 nitrogen and oxygen atoms in total. The molecule has 10 heteroatoms. The van der Waals surface area contributed by atoms with Crippen molar-refractivity contribution in [3.8, 4) is 5.82 Å². The average Bonchev–Trinajstić information content (AvgIpc) is 3.14. The minimum atomic E-state index is -0.591. The molecule has 0 fully saturated rings. The van der Waals surface area contributed by atoms with Crippen LogP contribution in [0.4, 0.5) is 5.69 Å². The van der Waals surface area contributed by atoms with Crippen molar-refractivity contribution in [3.05, 3.63) is 65.9 Å². The van der Waals surface area contributed by atoms with Crippen LogP contribution in [-0.2, 0) is 10.3 Å². The molecule has 3 aromatic rings. The van der Waals surface area contributed by atoms with Crippen molar-refractivity contribution in [1.29, 1.82) is 0 Å². The molecular formula is C20H22ClN7O2. The highest BCUT2D eigenvalue weighted by atomic mass is 35.5. The monoisotopic (exact) mass is 427 g/mol. The van der Waals surface area contributed by atoms with Crippen LogP contribution < -0.4 is 11.1 Å². The number of benzene rings is 1. The quantitative estimate of drug-likeness (QED) is 0.658. The van der Waals surface area contributed by atoms with Gasteiger partial charge in [-0.15, -0.1) is 12.4 Å². The number of aromatic nitrogens is 4. The second-order valence-electron chi connectivity index (χ2n) is 7.07. The minimum absolute atomic E-state index is 0. The van der Waals surface area contributed by atoms with Gasteiger partial charge in [-0.2, -0.15) is 5.10 Å². The van der Waals surface area contributed by atoms with E-state index in [-0.39, 0.29) is 24.0 Å². The van der Waals surface area contributed by atoms with E-state index >= 15 is 0 Å². The van der Waals surface area contributed by atoms with Crippen LogP contribution in [0, 0.1) is 6.92 Å². The summed E-state index contributed by atoms with van der Waals surface area (Å²) in [6.45, 7) is 4.59. The van der Waals surface area contributed by atoms with E-state index in [9.17, 15) is 4.79 Å². The zero-order valence-corrected chi connectivity index (χ0v) is 17.4. The molecule has 0 saturated heterocycles. The van der Waals surface area contributed by atoms with Gasteiger partial charge in [-0.3, -0.25) is 9.79 Å². The topological polar surface area (TPSA) is 120 Å². The molecule has 1 aliphatic rings. The van der Waals surface area contributed by atoms with Crippen LogP contribution in [0.1, 0.15) is 28.7 Å². The molecule has 3 N–H and O–H groups in total. The molecule has 1 amide bonds. The van der Waals surface area contributed by atoms with E-state index < -0.39 is 5.54 Å². The van der Waals surface area contributed by atoms with Crippen molar-refractivity contribution >= 4 is 29.8 Å². The smallest absolute Gasteiger partial charge is 0.275 e. The summed E-state index contributed by atoms with van der Waals surface area (Å²) in [7, 11) is 0. The molecule has 0 spiro atoms. The van der Waals surface area contributed by atoms with Crippen molar-refractivity contribution in [2.24, 2.45) is 10.7 Å². The maximum atomic E-state index is 12.6. The second kappa shape index (κ2) is 8.60. The molecular weight excluding hydrogens is 406 g/mol. The summed E-state index contributed by atoms with van der Waals surface area (Å²) in [5, 5.41) is 7.12. The average molecular weight is 428 g/mol. The van der Waals surface area contributed by atoms with Crippen LogP contribution in [0.3, 0.4) is 0 Å². The number of aryl methyl sites for hydroxylation is 1. The predicted molar refractivity (Wildman–Crippen MR) is 115 cm³/mol. The van der Waals surface area contributed by atoms with Crippen LogP contribution >= 0.6 is 12.4 Å². The third-order valence-corrected chi connectivity index (χ3v) is 4.59. The molecule has 2 aromatic heterocycles. The lowest BCUT2D eigenvalue weighted by molar-refractivity contribution is 0.102. The van der Waals surface area contributed by atoms with Crippen LogP contribution in [0.25, 0.3) is 5.82 Å². The Morgan fingerprint density at radius 1 is 1.27 bits per heavy atom. The van der Waals surface area contributed by atoms with Crippen LogP contribution in [-0.4, -0.2) is 44.7 Å². The third-order valence-electron chi connectivity index (χ3n) is 4.59. The van der Waals surface area contributed by atoms with E-state index in [4.69, 9.17) is 10.5 Å². The first kappa shape index (κ1) is 21.4. The Kier molecular flexibility index (Phi) is 6.14. The number of nitrogens with zero attached hydrogens (tertiary/aromatic N) is 5. The number of hydrogen-bond donors (Lipinski definition) is 2. The number of nitrogens with two attached hydrogens (primary N) is 1. The second-order valence-corrected chi connectivity index (χ2v) is 7.07. The largest absolute Gasteiger partial charge is 0.386 e. The van der Waals surface area contributed by atoms with E-state index in [1.807, 2.05) is 38.1 Å². The Balaban J connectivity index is 0.00000256. The Morgan fingerprint density at radius 2 is 2.10 bits per heavy atom. The van der Waals surface area contributed by atoms with Crippen LogP contribution in [0.5, 0.6) is 0 Å². The van der Waals surface area contributed by atoms with E-state index in [0.717, 1.165) is 11.3 Å². The van der Waals surface area contributed by atoms with Crippen LogP contribution in [0.2, 0.25) is 0 Å². The van der Waals surface area contributed by atoms with E-state index in [1.165, 1.54) is 12.4 Å². The standard InChI is InChI=1S/C20H21N7O2.ClH/c1-13-6-7-27(26-13)18-10-22-16(9-23-18)19(28)24-15-5-3-4-14(8-15)20(2)12-29-11-17(21)25-20;/h3-10H,11-12H2,1-2H3,(H2,21,25)(H,24,28);1H. The molecule has 0 saturated carbocycles. The van der Waals surface area contributed by atoms with Gasteiger partial charge in [0.1, 0.15) is 23.7 Å². The lowest BCUT2D eigenvalue weighted by atomic mass is 9.92. The highest BCUT2D eigenvalue weighted by Gasteiger charge is 2.30. The number of amides is 1. The maximum absolute atomic E-state index is 12.6. The van der Waals surface area contributed by atoms with Gasteiger partial charge < -0.3 is 15.8 Å². The first-order valence-electron chi connectivity index (χ1n) is 9.11. The van der Waals surface area contributed by atoms with Gasteiger partial charge in [-0.1, -0.05) is 12.1 Å². The SMILES string of the molecule is Cc1ccn(-c2cnc(C(=O)Nc3cccc(C4(C)COCC(N)=N4)c3)cn2)n1.Cl. The van der Waals surface area contributed by atoms with Gasteiger partial charge in [0.15, 0.2) is 5.82 Å². The molecule has 4 rings (SSSR count). The highest BCUT2D eigenvalue weighted by Crippen LogP contribution is 2.30. The normalized spacial score (nSPS) is 18.3. The number of nitrogens with one attached hydrogen (secondary N) is 1. The lowest BCUT2D eigenvalue weighted by Crippen LogP contribution is -2.37. The molecule has 0 aliphatic carbocycles. The number of halogens is 1. The van der Waals surface area contributed by atoms with Gasteiger partial charge in [0, 0.05) is 11.9 Å². The third kappa shape index (κ3) is 4.47. The maximum Gasteiger partial charge on any atom is 0.275 e. The highest BCUT2D eigenvalue weighted by molar-refractivity contribution is 6.02. The Hall–Kier alpha value is -3.30. The number of rotatable bonds is 4. The molecule has 1 aliphatic heterocycles. The number of anilines is 1. The van der Waals surface area contributed by atoms with Gasteiger partial charge in [-0.25, -0.2) is 14.6 Å². The molecule has 0 bridgehead atoms. The van der Waals surface area contributed by atoms with E-state index in [2.05, 4.69) is 25.4 Å². The molecule has 1 atom stereocenters. The Bertz CT molecular complexity index is 1080. The van der Waals surface area contributed by atoms with Gasteiger partial charge in [-0.05, 0) is 37.6 Å². The van der Waals surface area contributed by atoms with Crippen molar-refractivity contribution in [2.45, 2.75) is 19.4 Å². The molecule has 0 radical (unpaired) electrons. The minimum Gasteiger partial charge on any atom is -0.386 e. The van der Waals surface area contributed by atoms with Gasteiger partial charge in [0.05, 0.1) is 24.7 Å². The van der Waals surface area contributed by atoms with Crippen molar-refractivity contribution in [1.82, 2.24) is 19.7 Å². The summed E-state index contributed by atoms with van der Waals surface area (Å²) in [5.74, 6) is 0.638. The zero-order valence-electron chi connectivity index (χ0n) is 16.6. The molecule has 1 unspecified atom stereocenters. The first-order chi connectivity index (χ1) is 13.9. The van der Waals surface area contributed by atoms with Crippen molar-refractivity contribution < 1.29 is 9.53 Å². The Morgan fingerprint density at radius 3 is 2.77 bits per heavy atom. The van der Waals surface area contributed by atoms with Gasteiger partial charge in [0.25, 0.3) is 5.91 Å². The van der Waals surface area contributed by atoms with Gasteiger partial charge in [0.2, 0.25) is 0 Å². The summed E-state index contributed by atoms with van der Waals surface area (Å²) in [4.78, 5) is 25.6. The predicted octanol–water partition coefficient (Wildman–Crippen LogP) is 2.25. The summed E-state index contributed by atoms with van der Waals surface area (Å²) in [6.07, 6.45) is 4.72. The van der Waals surface area contributed by atoms with E-state index in [0.29, 0.717) is 30.6 Å². The fourth-order valence-electron chi connectivity index (χ4n) is 3.11. The van der Waals surface area contributed by atoms with Crippen molar-refractivity contribution in [2.75, 3.05) is 18.5 Å². The molecule has 1 aromatic carbocycles. The number of hydrogen-bond acceptors (Lipinski definition) is 7. The van der Waals surface area contributed by atoms with Gasteiger partial charge >= 0.3 is 0 Å². The fraction of sp³-hybridized carbons (Fsp3) is 0.250. The summed E-state index contributed by atoms with van der Waals surface area (Å²) >= 11 is 0. The molecule has 3 heterocycles. The number of ether oxygens (including phenoxy) is 1. The number of amidine groups is 1. The first-order valence-corrected chi connectivity index (χ1v) is 9.11. The van der Waals surface area contributed by atoms with Crippen LogP contribution in [0.15, 0.2) is 53.9 Å². The summed E-state index contributed by atoms with van der Waals surface area (Å²) < 4.78 is 7.13. The molecule has 156 valence electrons. The number of aliphatic imine (C=N–C) groups is 1.